The Hall–Kier alpha value is -6.75. The molecule has 1 fully saturated rings. The number of carboxylic acid groups (broad SMARTS) is 2. The Balaban J connectivity index is 1.70. The second kappa shape index (κ2) is 27.2. The average Bonchev–Trinajstić information content (AvgIpc) is 3.78. The average molecular weight is 970 g/mol. The summed E-state index contributed by atoms with van der Waals surface area (Å²) in [6.07, 6.45) is 0.792. The molecule has 1 aliphatic rings. The lowest BCUT2D eigenvalue weighted by Gasteiger charge is -2.30. The number of carboxylic acids is 2. The minimum absolute atomic E-state index is 0.0155. The van der Waals surface area contributed by atoms with Gasteiger partial charge in [0.15, 0.2) is 0 Å². The Labute approximate surface area is 397 Å². The number of thioether (sulfide) groups is 1. The Bertz CT molecular complexity index is 2110. The van der Waals surface area contributed by atoms with E-state index in [1.54, 1.807) is 50.4 Å². The van der Waals surface area contributed by atoms with Crippen LogP contribution in [0.15, 0.2) is 54.6 Å². The molecule has 0 aliphatic carbocycles. The largest absolute Gasteiger partial charge is 0.508 e. The molecule has 13 N–H and O–H groups in total. The Morgan fingerprint density at radius 2 is 1.31 bits per heavy atom. The first-order valence-electron chi connectivity index (χ1n) is 22.0. The van der Waals surface area contributed by atoms with E-state index in [4.69, 9.17) is 11.5 Å². The number of nitrogens with two attached hydrogens (primary N) is 2. The summed E-state index contributed by atoms with van der Waals surface area (Å²) in [5.41, 5.74) is 12.6. The summed E-state index contributed by atoms with van der Waals surface area (Å²) in [6.45, 7) is 4.65. The van der Waals surface area contributed by atoms with E-state index in [0.717, 1.165) is 0 Å². The molecular weight excluding hydrogens is 907 g/mol. The van der Waals surface area contributed by atoms with Crippen molar-refractivity contribution >= 4 is 71.0 Å². The first-order chi connectivity index (χ1) is 32.1. The summed E-state index contributed by atoms with van der Waals surface area (Å²) in [5.74, 6) is -9.66. The summed E-state index contributed by atoms with van der Waals surface area (Å²) < 4.78 is 0. The summed E-state index contributed by atoms with van der Waals surface area (Å²) in [5, 5.41) is 43.7. The minimum atomic E-state index is -1.65. The third kappa shape index (κ3) is 17.8. The number of amides is 8. The standard InChI is InChI=1S/C45H63N9O13S/c1-24(2)37(53-40(61)30(16-17-36(57)58)49-41(62)32(23-35(47)56)51-39(60)29(46)21-27-12-14-28(55)15-13-27)43(64)48-25(3)38(59)50-31(18-20-68-4)44(65)54-19-8-11-34(54)42(63)52-33(45(66)67)22-26-9-6-5-7-10-26/h5-7,9-10,12-15,24-25,29-34,37,55H,8,11,16-23,46H2,1-4H3,(H2,47,56)(H,48,64)(H,49,62)(H,50,59)(H,51,60)(H,52,63)(H,53,61)(H,57,58)(H,66,67)/t25-,29-,30-,31-,32-,33-,34-,37-/m0/s1. The summed E-state index contributed by atoms with van der Waals surface area (Å²) >= 11 is 1.40. The Morgan fingerprint density at radius 1 is 0.706 bits per heavy atom. The van der Waals surface area contributed by atoms with Crippen molar-refractivity contribution in [3.05, 3.63) is 65.7 Å². The second-order valence-corrected chi connectivity index (χ2v) is 17.8. The van der Waals surface area contributed by atoms with Crippen molar-refractivity contribution in [3.8, 4) is 5.75 Å². The second-order valence-electron chi connectivity index (χ2n) is 16.8. The third-order valence-corrected chi connectivity index (χ3v) is 11.7. The molecule has 2 aromatic rings. The topological polar surface area (TPSA) is 359 Å². The molecule has 1 heterocycles. The van der Waals surface area contributed by atoms with Crippen molar-refractivity contribution in [2.45, 2.75) is 120 Å². The molecule has 8 amide bonds. The number of benzene rings is 2. The maximum absolute atomic E-state index is 14.0. The van der Waals surface area contributed by atoms with Crippen LogP contribution in [0.4, 0.5) is 0 Å². The number of carbonyl (C=O) groups excluding carboxylic acids is 8. The van der Waals surface area contributed by atoms with Crippen LogP contribution in [0.5, 0.6) is 5.75 Å². The molecule has 0 radical (unpaired) electrons. The van der Waals surface area contributed by atoms with Gasteiger partial charge in [0.25, 0.3) is 0 Å². The zero-order chi connectivity index (χ0) is 50.7. The SMILES string of the molecule is CSCC[C@H](NC(=O)[C@H](C)NC(=O)[C@@H](NC(=O)[C@H](CCC(=O)O)NC(=O)[C@H](CC(N)=O)NC(=O)[C@@H](N)Cc1ccc(O)cc1)C(C)C)C(=O)N1CCC[C@H]1C(=O)N[C@@H](Cc1ccccc1)C(=O)O. The maximum atomic E-state index is 14.0. The number of carbonyl (C=O) groups is 10. The number of nitrogens with one attached hydrogen (secondary N) is 6. The van der Waals surface area contributed by atoms with Gasteiger partial charge in [0.2, 0.25) is 47.3 Å². The van der Waals surface area contributed by atoms with Gasteiger partial charge in [-0.3, -0.25) is 43.2 Å². The third-order valence-electron chi connectivity index (χ3n) is 11.0. The van der Waals surface area contributed by atoms with E-state index in [-0.39, 0.29) is 38.0 Å². The highest BCUT2D eigenvalue weighted by atomic mass is 32.2. The van der Waals surface area contributed by atoms with Crippen LogP contribution >= 0.6 is 11.8 Å². The number of aliphatic carboxylic acids is 2. The van der Waals surface area contributed by atoms with Crippen LogP contribution in [-0.2, 0) is 60.8 Å². The van der Waals surface area contributed by atoms with Gasteiger partial charge in [-0.05, 0) is 80.2 Å². The number of aromatic hydroxyl groups is 1. The van der Waals surface area contributed by atoms with Crippen molar-refractivity contribution in [2.75, 3.05) is 18.6 Å². The molecule has 0 aromatic heterocycles. The number of nitrogens with zero attached hydrogens (tertiary/aromatic N) is 1. The Morgan fingerprint density at radius 3 is 1.90 bits per heavy atom. The first-order valence-corrected chi connectivity index (χ1v) is 23.4. The van der Waals surface area contributed by atoms with Crippen molar-refractivity contribution in [3.63, 3.8) is 0 Å². The number of rotatable bonds is 27. The van der Waals surface area contributed by atoms with E-state index in [1.807, 2.05) is 0 Å². The van der Waals surface area contributed by atoms with E-state index in [0.29, 0.717) is 23.3 Å². The number of likely N-dealkylation sites (tertiary alicyclic amines) is 1. The smallest absolute Gasteiger partial charge is 0.326 e. The lowest BCUT2D eigenvalue weighted by atomic mass is 10.0. The highest BCUT2D eigenvalue weighted by Crippen LogP contribution is 2.21. The number of phenolic OH excluding ortho intramolecular Hbond substituents is 1. The Kier molecular flexibility index (Phi) is 22.2. The van der Waals surface area contributed by atoms with Crippen LogP contribution in [0.3, 0.4) is 0 Å². The molecule has 3 rings (SSSR count). The highest BCUT2D eigenvalue weighted by molar-refractivity contribution is 7.98. The van der Waals surface area contributed by atoms with Crippen LogP contribution in [0.25, 0.3) is 0 Å². The van der Waals surface area contributed by atoms with Gasteiger partial charge in [0.05, 0.1) is 12.5 Å². The zero-order valence-electron chi connectivity index (χ0n) is 38.4. The number of hydrogen-bond donors (Lipinski definition) is 11. The van der Waals surface area contributed by atoms with Crippen LogP contribution in [0.2, 0.25) is 0 Å². The monoisotopic (exact) mass is 969 g/mol. The highest BCUT2D eigenvalue weighted by Gasteiger charge is 2.40. The number of hydrogen-bond acceptors (Lipinski definition) is 13. The van der Waals surface area contributed by atoms with E-state index >= 15 is 0 Å². The quantitative estimate of drug-likeness (QED) is 0.0494. The molecule has 23 heteroatoms. The predicted octanol–water partition coefficient (Wildman–Crippen LogP) is -1.34. The van der Waals surface area contributed by atoms with Crippen LogP contribution < -0.4 is 43.4 Å². The zero-order valence-corrected chi connectivity index (χ0v) is 39.2. The van der Waals surface area contributed by atoms with E-state index in [9.17, 15) is 63.3 Å². The van der Waals surface area contributed by atoms with E-state index in [2.05, 4.69) is 31.9 Å². The van der Waals surface area contributed by atoms with Gasteiger partial charge < -0.3 is 63.6 Å². The molecule has 1 aliphatic heterocycles. The molecule has 0 unspecified atom stereocenters. The fraction of sp³-hybridized carbons (Fsp3) is 0.511. The van der Waals surface area contributed by atoms with Gasteiger partial charge in [-0.15, -0.1) is 0 Å². The summed E-state index contributed by atoms with van der Waals surface area (Å²) in [4.78, 5) is 132. The molecule has 68 heavy (non-hydrogen) atoms. The van der Waals surface area contributed by atoms with Crippen LogP contribution in [0.1, 0.15) is 70.4 Å². The minimum Gasteiger partial charge on any atom is -0.508 e. The molecule has 372 valence electrons. The lowest BCUT2D eigenvalue weighted by Crippen LogP contribution is -2.60. The van der Waals surface area contributed by atoms with Crippen molar-refractivity contribution in [1.82, 2.24) is 36.8 Å². The molecular formula is C45H63N9O13S. The predicted molar refractivity (Wildman–Crippen MR) is 248 cm³/mol. The lowest BCUT2D eigenvalue weighted by molar-refractivity contribution is -0.145. The molecule has 1 saturated heterocycles. The van der Waals surface area contributed by atoms with Gasteiger partial charge in [-0.2, -0.15) is 11.8 Å². The molecule has 0 saturated carbocycles. The van der Waals surface area contributed by atoms with Gasteiger partial charge >= 0.3 is 11.9 Å². The van der Waals surface area contributed by atoms with Gasteiger partial charge in [-0.25, -0.2) is 4.79 Å². The van der Waals surface area contributed by atoms with Crippen molar-refractivity contribution < 1.29 is 63.3 Å². The van der Waals surface area contributed by atoms with Gasteiger partial charge in [-0.1, -0.05) is 56.3 Å². The van der Waals surface area contributed by atoms with E-state index < -0.39 is 133 Å². The van der Waals surface area contributed by atoms with Crippen molar-refractivity contribution in [1.29, 1.82) is 0 Å². The van der Waals surface area contributed by atoms with Crippen LogP contribution in [-0.4, -0.2) is 146 Å². The molecule has 2 aromatic carbocycles. The normalized spacial score (nSPS) is 16.4. The number of phenols is 1. The molecule has 8 atom stereocenters. The maximum Gasteiger partial charge on any atom is 0.326 e. The van der Waals surface area contributed by atoms with E-state index in [1.165, 1.54) is 47.9 Å². The summed E-state index contributed by atoms with van der Waals surface area (Å²) in [7, 11) is 0. The molecule has 0 spiro atoms. The van der Waals surface area contributed by atoms with Gasteiger partial charge in [0, 0.05) is 19.4 Å². The van der Waals surface area contributed by atoms with Crippen molar-refractivity contribution in [2.24, 2.45) is 17.4 Å². The first kappa shape index (κ1) is 55.6. The van der Waals surface area contributed by atoms with Gasteiger partial charge in [0.1, 0.15) is 48.0 Å². The number of primary amides is 1. The molecule has 22 nitrogen and oxygen atoms in total. The summed E-state index contributed by atoms with van der Waals surface area (Å²) in [6, 6.07) is 4.00. The fourth-order valence-corrected chi connectivity index (χ4v) is 7.72. The fourth-order valence-electron chi connectivity index (χ4n) is 7.25. The molecule has 0 bridgehead atoms. The van der Waals surface area contributed by atoms with Crippen LogP contribution in [0, 0.1) is 5.92 Å².